The highest BCUT2D eigenvalue weighted by Crippen LogP contribution is 2.32. The van der Waals surface area contributed by atoms with Crippen LogP contribution in [0.3, 0.4) is 0 Å². The monoisotopic (exact) mass is 460 g/mol. The number of anilines is 1. The number of unbranched alkanes of at least 4 members (excludes halogenated alkanes) is 1. The van der Waals surface area contributed by atoms with E-state index in [1.807, 2.05) is 17.1 Å². The number of hydrogen-bond donors (Lipinski definition) is 1. The van der Waals surface area contributed by atoms with Crippen molar-refractivity contribution >= 4 is 34.5 Å². The number of carbonyl (C=O) groups is 1. The molecule has 9 heteroatoms. The third kappa shape index (κ3) is 5.54. The zero-order valence-corrected chi connectivity index (χ0v) is 20.2. The number of nitrogens with one attached hydrogen (secondary N) is 1. The fourth-order valence-corrected chi connectivity index (χ4v) is 5.18. The van der Waals surface area contributed by atoms with E-state index < -0.39 is 0 Å². The van der Waals surface area contributed by atoms with E-state index >= 15 is 0 Å². The van der Waals surface area contributed by atoms with Crippen LogP contribution >= 0.6 is 11.8 Å². The van der Waals surface area contributed by atoms with Crippen molar-refractivity contribution in [3.05, 3.63) is 6.20 Å². The Balaban J connectivity index is 1.35. The van der Waals surface area contributed by atoms with Gasteiger partial charge in [0.25, 0.3) is 0 Å². The fourth-order valence-electron chi connectivity index (χ4n) is 4.83. The van der Waals surface area contributed by atoms with Crippen molar-refractivity contribution in [2.75, 3.05) is 44.0 Å². The van der Waals surface area contributed by atoms with E-state index in [1.54, 1.807) is 0 Å². The van der Waals surface area contributed by atoms with Crippen LogP contribution in [-0.2, 0) is 16.1 Å². The second-order valence-corrected chi connectivity index (χ2v) is 9.66. The number of carbonyl (C=O) groups excluding carboxylic acids is 1. The summed E-state index contributed by atoms with van der Waals surface area (Å²) in [5.41, 5.74) is 0.830. The molecule has 1 aliphatic heterocycles. The van der Waals surface area contributed by atoms with Crippen LogP contribution in [-0.4, -0.2) is 64.8 Å². The number of ether oxygens (including phenoxy) is 1. The number of hydrogen-bond acceptors (Lipinski definition) is 7. The molecule has 3 heterocycles. The van der Waals surface area contributed by atoms with Crippen molar-refractivity contribution < 1.29 is 9.53 Å². The first-order valence-electron chi connectivity index (χ1n) is 12.1. The minimum Gasteiger partial charge on any atom is -0.378 e. The Morgan fingerprint density at radius 1 is 1.22 bits per heavy atom. The largest absolute Gasteiger partial charge is 0.378 e. The standard InChI is InChI=1S/C23H36N6O2S/c1-3-4-5-17-6-8-18(9-7-17)22(30)24-10-11-29-21-19(16-25-29)20(26-23(27-21)32-2)28-12-14-31-15-13-28/h16-18H,3-15H2,1-2H3,(H,24,30). The molecule has 2 fully saturated rings. The molecular weight excluding hydrogens is 424 g/mol. The summed E-state index contributed by atoms with van der Waals surface area (Å²) < 4.78 is 7.38. The van der Waals surface area contributed by atoms with E-state index in [0.29, 0.717) is 26.3 Å². The number of aromatic nitrogens is 4. The van der Waals surface area contributed by atoms with Gasteiger partial charge < -0.3 is 15.0 Å². The molecule has 2 aliphatic rings. The van der Waals surface area contributed by atoms with Gasteiger partial charge in [0.05, 0.1) is 31.3 Å². The zero-order chi connectivity index (χ0) is 22.3. The van der Waals surface area contributed by atoms with Crippen LogP contribution in [0.15, 0.2) is 11.4 Å². The highest BCUT2D eigenvalue weighted by molar-refractivity contribution is 7.98. The molecule has 8 nitrogen and oxygen atoms in total. The Bertz CT molecular complexity index is 890. The molecule has 1 amide bonds. The summed E-state index contributed by atoms with van der Waals surface area (Å²) in [6.45, 7) is 6.48. The third-order valence-electron chi connectivity index (χ3n) is 6.76. The lowest BCUT2D eigenvalue weighted by Gasteiger charge is -2.28. The molecule has 176 valence electrons. The van der Waals surface area contributed by atoms with E-state index in [4.69, 9.17) is 14.7 Å². The van der Waals surface area contributed by atoms with Crippen molar-refractivity contribution in [3.63, 3.8) is 0 Å². The van der Waals surface area contributed by atoms with E-state index in [-0.39, 0.29) is 11.8 Å². The normalized spacial score (nSPS) is 21.8. The SMILES string of the molecule is CCCCC1CCC(C(=O)NCCn2ncc3c(N4CCOCC4)nc(SC)nc32)CC1. The number of fused-ring (bicyclic) bond motifs is 1. The maximum Gasteiger partial charge on any atom is 0.223 e. The lowest BCUT2D eigenvalue weighted by atomic mass is 9.79. The van der Waals surface area contributed by atoms with Crippen LogP contribution in [0.1, 0.15) is 51.9 Å². The van der Waals surface area contributed by atoms with Gasteiger partial charge in [0.1, 0.15) is 5.82 Å². The Morgan fingerprint density at radius 3 is 2.72 bits per heavy atom. The number of nitrogens with zero attached hydrogens (tertiary/aromatic N) is 5. The van der Waals surface area contributed by atoms with E-state index in [2.05, 4.69) is 22.2 Å². The van der Waals surface area contributed by atoms with Crippen molar-refractivity contribution in [2.45, 2.75) is 63.6 Å². The van der Waals surface area contributed by atoms with Crippen molar-refractivity contribution in [2.24, 2.45) is 11.8 Å². The predicted molar refractivity (Wildman–Crippen MR) is 128 cm³/mol. The average molecular weight is 461 g/mol. The van der Waals surface area contributed by atoms with E-state index in [0.717, 1.165) is 53.9 Å². The lowest BCUT2D eigenvalue weighted by molar-refractivity contribution is -0.126. The van der Waals surface area contributed by atoms with Crippen LogP contribution in [0.2, 0.25) is 0 Å². The highest BCUT2D eigenvalue weighted by atomic mass is 32.2. The van der Waals surface area contributed by atoms with Gasteiger partial charge >= 0.3 is 0 Å². The van der Waals surface area contributed by atoms with Crippen LogP contribution in [0, 0.1) is 11.8 Å². The molecule has 1 saturated heterocycles. The molecule has 0 spiro atoms. The van der Waals surface area contributed by atoms with Crippen molar-refractivity contribution in [1.82, 2.24) is 25.1 Å². The van der Waals surface area contributed by atoms with E-state index in [9.17, 15) is 4.79 Å². The molecule has 2 aromatic rings. The van der Waals surface area contributed by atoms with E-state index in [1.165, 1.54) is 43.9 Å². The maximum absolute atomic E-state index is 12.7. The van der Waals surface area contributed by atoms with Gasteiger partial charge in [-0.25, -0.2) is 14.6 Å². The van der Waals surface area contributed by atoms with Crippen LogP contribution in [0.4, 0.5) is 5.82 Å². The maximum atomic E-state index is 12.7. The Labute approximate surface area is 194 Å². The molecule has 0 radical (unpaired) electrons. The summed E-state index contributed by atoms with van der Waals surface area (Å²) in [5.74, 6) is 2.11. The Morgan fingerprint density at radius 2 is 2.00 bits per heavy atom. The molecule has 0 aromatic carbocycles. The van der Waals surface area contributed by atoms with Gasteiger partial charge in [-0.2, -0.15) is 5.10 Å². The summed E-state index contributed by atoms with van der Waals surface area (Å²) in [7, 11) is 0. The van der Waals surface area contributed by atoms with Gasteiger partial charge in [0.2, 0.25) is 5.91 Å². The van der Waals surface area contributed by atoms with Crippen molar-refractivity contribution in [3.8, 4) is 0 Å². The molecule has 1 saturated carbocycles. The summed E-state index contributed by atoms with van der Waals surface area (Å²) >= 11 is 1.54. The van der Waals surface area contributed by atoms with Gasteiger partial charge in [-0.3, -0.25) is 4.79 Å². The minimum atomic E-state index is 0.167. The van der Waals surface area contributed by atoms with Crippen LogP contribution in [0.5, 0.6) is 0 Å². The molecule has 1 aliphatic carbocycles. The van der Waals surface area contributed by atoms with Crippen LogP contribution < -0.4 is 10.2 Å². The minimum absolute atomic E-state index is 0.167. The Hall–Kier alpha value is -1.87. The summed E-state index contributed by atoms with van der Waals surface area (Å²) in [6, 6.07) is 0. The average Bonchev–Trinajstić information content (AvgIpc) is 3.25. The second-order valence-electron chi connectivity index (χ2n) is 8.89. The summed E-state index contributed by atoms with van der Waals surface area (Å²) in [5, 5.41) is 9.41. The van der Waals surface area contributed by atoms with Gasteiger partial charge in [-0.05, 0) is 37.9 Å². The molecule has 32 heavy (non-hydrogen) atoms. The summed E-state index contributed by atoms with van der Waals surface area (Å²) in [4.78, 5) is 24.4. The van der Waals surface area contributed by atoms with Gasteiger partial charge in [0, 0.05) is 25.6 Å². The molecule has 0 unspecified atom stereocenters. The smallest absolute Gasteiger partial charge is 0.223 e. The van der Waals surface area contributed by atoms with Crippen LogP contribution in [0.25, 0.3) is 11.0 Å². The number of amides is 1. The fraction of sp³-hybridized carbons (Fsp3) is 0.739. The predicted octanol–water partition coefficient (Wildman–Crippen LogP) is 3.50. The molecule has 0 bridgehead atoms. The quantitative estimate of drug-likeness (QED) is 0.453. The first kappa shape index (κ1) is 23.3. The third-order valence-corrected chi connectivity index (χ3v) is 7.30. The van der Waals surface area contributed by atoms with Gasteiger partial charge in [-0.15, -0.1) is 0 Å². The number of rotatable bonds is 9. The molecule has 4 rings (SSSR count). The van der Waals surface area contributed by atoms with Crippen molar-refractivity contribution in [1.29, 1.82) is 0 Å². The second kappa shape index (κ2) is 11.3. The lowest BCUT2D eigenvalue weighted by Crippen LogP contribution is -2.37. The zero-order valence-electron chi connectivity index (χ0n) is 19.4. The first-order valence-corrected chi connectivity index (χ1v) is 13.3. The molecule has 2 aromatic heterocycles. The number of morpholine rings is 1. The Kier molecular flexibility index (Phi) is 8.24. The molecular formula is C23H36N6O2S. The topological polar surface area (TPSA) is 85.2 Å². The van der Waals surface area contributed by atoms with Gasteiger partial charge in [0.15, 0.2) is 10.8 Å². The molecule has 0 atom stereocenters. The first-order chi connectivity index (χ1) is 15.7. The highest BCUT2D eigenvalue weighted by Gasteiger charge is 2.26. The van der Waals surface area contributed by atoms with Gasteiger partial charge in [-0.1, -0.05) is 37.9 Å². The molecule has 1 N–H and O–H groups in total. The number of thioether (sulfide) groups is 1. The summed E-state index contributed by atoms with van der Waals surface area (Å²) in [6.07, 6.45) is 12.2.